The van der Waals surface area contributed by atoms with E-state index in [-0.39, 0.29) is 0 Å². The van der Waals surface area contributed by atoms with E-state index in [1.807, 2.05) is 43.5 Å². The van der Waals surface area contributed by atoms with Crippen LogP contribution in [0.15, 0.2) is 35.5 Å². The molecule has 106 valence electrons. The zero-order valence-corrected chi connectivity index (χ0v) is 13.1. The van der Waals surface area contributed by atoms with Gasteiger partial charge in [-0.15, -0.1) is 0 Å². The van der Waals surface area contributed by atoms with Gasteiger partial charge in [-0.3, -0.25) is 0 Å². The Bertz CT molecular complexity index is 560. The van der Waals surface area contributed by atoms with Gasteiger partial charge in [-0.05, 0) is 30.9 Å². The zero-order valence-electron chi connectivity index (χ0n) is 11.5. The lowest BCUT2D eigenvalue weighted by molar-refractivity contribution is 0.950. The molecule has 0 aliphatic carbocycles. The van der Waals surface area contributed by atoms with Crippen molar-refractivity contribution in [3.05, 3.63) is 40.9 Å². The average Bonchev–Trinajstić information content (AvgIpc) is 2.47. The second-order valence-electron chi connectivity index (χ2n) is 4.14. The number of nitrogens with zero attached hydrogens (tertiary/aromatic N) is 2. The number of halogens is 1. The molecule has 1 aromatic heterocycles. The molecule has 6 heteroatoms. The molecular formula is C14H17ClN4S. The molecule has 2 aromatic rings. The highest BCUT2D eigenvalue weighted by atomic mass is 35.5. The van der Waals surface area contributed by atoms with E-state index in [1.165, 1.54) is 11.8 Å². The van der Waals surface area contributed by atoms with Gasteiger partial charge in [0.25, 0.3) is 0 Å². The first kappa shape index (κ1) is 14.9. The minimum atomic E-state index is 0.702. The van der Waals surface area contributed by atoms with E-state index < -0.39 is 0 Å². The van der Waals surface area contributed by atoms with Crippen molar-refractivity contribution >= 4 is 35.0 Å². The summed E-state index contributed by atoms with van der Waals surface area (Å²) in [6, 6.07) is 9.68. The second-order valence-corrected chi connectivity index (χ2v) is 5.35. The molecular weight excluding hydrogens is 292 g/mol. The van der Waals surface area contributed by atoms with Crippen molar-refractivity contribution in [3.63, 3.8) is 0 Å². The van der Waals surface area contributed by atoms with E-state index in [1.54, 1.807) is 0 Å². The molecule has 2 rings (SSSR count). The largest absolute Gasteiger partial charge is 0.370 e. The number of thioether (sulfide) groups is 1. The van der Waals surface area contributed by atoms with Gasteiger partial charge in [0.05, 0.1) is 0 Å². The Morgan fingerprint density at radius 3 is 2.35 bits per heavy atom. The quantitative estimate of drug-likeness (QED) is 0.626. The molecule has 20 heavy (non-hydrogen) atoms. The van der Waals surface area contributed by atoms with E-state index in [2.05, 4.69) is 20.6 Å². The lowest BCUT2D eigenvalue weighted by atomic mass is 10.2. The predicted octanol–water partition coefficient (Wildman–Crippen LogP) is 3.90. The fraction of sp³-hybridized carbons (Fsp3) is 0.286. The Balaban J connectivity index is 2.07. The molecule has 0 radical (unpaired) electrons. The van der Waals surface area contributed by atoms with Crippen LogP contribution in [-0.2, 0) is 6.54 Å². The molecule has 0 aliphatic rings. The zero-order chi connectivity index (χ0) is 14.4. The standard InChI is InChI=1S/C14H17ClN4S/c1-3-16-12-8-13(19-14(18-12)20-2)17-9-10-4-6-11(15)7-5-10/h4-8H,3,9H2,1-2H3,(H2,16,17,18,19). The molecule has 0 saturated heterocycles. The Labute approximate surface area is 128 Å². The Morgan fingerprint density at radius 1 is 1.10 bits per heavy atom. The third-order valence-corrected chi connectivity index (χ3v) is 3.43. The number of benzene rings is 1. The number of aromatic nitrogens is 2. The van der Waals surface area contributed by atoms with Crippen LogP contribution >= 0.6 is 23.4 Å². The van der Waals surface area contributed by atoms with Crippen LogP contribution in [0.5, 0.6) is 0 Å². The summed E-state index contributed by atoms with van der Waals surface area (Å²) >= 11 is 7.40. The number of rotatable bonds is 6. The van der Waals surface area contributed by atoms with Crippen LogP contribution in [-0.4, -0.2) is 22.8 Å². The first-order valence-electron chi connectivity index (χ1n) is 6.36. The molecule has 0 atom stereocenters. The minimum absolute atomic E-state index is 0.702. The third kappa shape index (κ3) is 4.28. The number of hydrogen-bond donors (Lipinski definition) is 2. The van der Waals surface area contributed by atoms with E-state index in [4.69, 9.17) is 11.6 Å². The van der Waals surface area contributed by atoms with E-state index in [0.717, 1.165) is 33.9 Å². The minimum Gasteiger partial charge on any atom is -0.370 e. The van der Waals surface area contributed by atoms with E-state index in [9.17, 15) is 0 Å². The highest BCUT2D eigenvalue weighted by Gasteiger charge is 2.03. The van der Waals surface area contributed by atoms with Crippen LogP contribution in [0.25, 0.3) is 0 Å². The summed E-state index contributed by atoms with van der Waals surface area (Å²) in [5.74, 6) is 1.65. The van der Waals surface area contributed by atoms with Gasteiger partial charge >= 0.3 is 0 Å². The van der Waals surface area contributed by atoms with Gasteiger partial charge in [0, 0.05) is 24.2 Å². The normalized spacial score (nSPS) is 10.3. The van der Waals surface area contributed by atoms with Crippen molar-refractivity contribution < 1.29 is 0 Å². The molecule has 0 spiro atoms. The Hall–Kier alpha value is -1.46. The highest BCUT2D eigenvalue weighted by Crippen LogP contribution is 2.18. The molecule has 1 heterocycles. The maximum atomic E-state index is 5.87. The Kier molecular flexibility index (Phi) is 5.49. The van der Waals surface area contributed by atoms with Gasteiger partial charge in [0.15, 0.2) is 5.16 Å². The van der Waals surface area contributed by atoms with Crippen LogP contribution in [0.4, 0.5) is 11.6 Å². The van der Waals surface area contributed by atoms with Crippen molar-refractivity contribution in [2.45, 2.75) is 18.6 Å². The van der Waals surface area contributed by atoms with Gasteiger partial charge in [-0.25, -0.2) is 9.97 Å². The summed E-state index contributed by atoms with van der Waals surface area (Å²) in [5, 5.41) is 8.01. The van der Waals surface area contributed by atoms with Crippen molar-refractivity contribution in [1.82, 2.24) is 9.97 Å². The molecule has 2 N–H and O–H groups in total. The molecule has 0 unspecified atom stereocenters. The lowest BCUT2D eigenvalue weighted by Gasteiger charge is -2.10. The fourth-order valence-electron chi connectivity index (χ4n) is 1.67. The molecule has 0 fully saturated rings. The van der Waals surface area contributed by atoms with Gasteiger partial charge in [-0.1, -0.05) is 35.5 Å². The molecule has 4 nitrogen and oxygen atoms in total. The molecule has 1 aromatic carbocycles. The molecule has 0 aliphatic heterocycles. The summed E-state index contributed by atoms with van der Waals surface area (Å²) in [6.45, 7) is 3.58. The van der Waals surface area contributed by atoms with Gasteiger partial charge in [0.2, 0.25) is 0 Å². The van der Waals surface area contributed by atoms with Gasteiger partial charge in [0.1, 0.15) is 11.6 Å². The number of nitrogens with one attached hydrogen (secondary N) is 2. The van der Waals surface area contributed by atoms with Crippen LogP contribution in [0.2, 0.25) is 5.02 Å². The molecule has 0 saturated carbocycles. The van der Waals surface area contributed by atoms with Crippen molar-refractivity contribution in [1.29, 1.82) is 0 Å². The van der Waals surface area contributed by atoms with Crippen LogP contribution in [0, 0.1) is 0 Å². The first-order chi connectivity index (χ1) is 9.71. The smallest absolute Gasteiger partial charge is 0.191 e. The molecule has 0 bridgehead atoms. The summed E-state index contributed by atoms with van der Waals surface area (Å²) in [4.78, 5) is 8.83. The highest BCUT2D eigenvalue weighted by molar-refractivity contribution is 7.98. The monoisotopic (exact) mass is 308 g/mol. The SMILES string of the molecule is CCNc1cc(NCc2ccc(Cl)cc2)nc(SC)n1. The van der Waals surface area contributed by atoms with Gasteiger partial charge < -0.3 is 10.6 Å². The van der Waals surface area contributed by atoms with Crippen molar-refractivity contribution in [2.24, 2.45) is 0 Å². The van der Waals surface area contributed by atoms with E-state index >= 15 is 0 Å². The van der Waals surface area contributed by atoms with Gasteiger partial charge in [-0.2, -0.15) is 0 Å². The second kappa shape index (κ2) is 7.36. The summed E-state index contributed by atoms with van der Waals surface area (Å²) in [7, 11) is 0. The number of anilines is 2. The predicted molar refractivity (Wildman–Crippen MR) is 86.8 cm³/mol. The lowest BCUT2D eigenvalue weighted by Crippen LogP contribution is -2.06. The number of hydrogen-bond acceptors (Lipinski definition) is 5. The maximum absolute atomic E-state index is 5.87. The maximum Gasteiger partial charge on any atom is 0.191 e. The summed E-state index contributed by atoms with van der Waals surface area (Å²) in [6.07, 6.45) is 1.97. The van der Waals surface area contributed by atoms with E-state index in [0.29, 0.717) is 6.54 Å². The summed E-state index contributed by atoms with van der Waals surface area (Å²) < 4.78 is 0. The van der Waals surface area contributed by atoms with Crippen LogP contribution < -0.4 is 10.6 Å². The average molecular weight is 309 g/mol. The first-order valence-corrected chi connectivity index (χ1v) is 7.96. The van der Waals surface area contributed by atoms with Crippen LogP contribution in [0.3, 0.4) is 0 Å². The third-order valence-electron chi connectivity index (χ3n) is 2.63. The van der Waals surface area contributed by atoms with Crippen LogP contribution in [0.1, 0.15) is 12.5 Å². The summed E-state index contributed by atoms with van der Waals surface area (Å²) in [5.41, 5.74) is 1.16. The molecule has 0 amide bonds. The topological polar surface area (TPSA) is 49.8 Å². The Morgan fingerprint density at radius 2 is 1.75 bits per heavy atom. The fourth-order valence-corrected chi connectivity index (χ4v) is 2.18. The van der Waals surface area contributed by atoms with Crippen molar-refractivity contribution in [3.8, 4) is 0 Å². The van der Waals surface area contributed by atoms with Crippen molar-refractivity contribution in [2.75, 3.05) is 23.4 Å².